The lowest BCUT2D eigenvalue weighted by Crippen LogP contribution is -2.24. The maximum absolute atomic E-state index is 5.40. The van der Waals surface area contributed by atoms with E-state index in [2.05, 4.69) is 40.2 Å². The molecule has 0 aliphatic rings. The molecule has 2 rings (SSSR count). The smallest absolute Gasteiger partial charge is 0.103 e. The van der Waals surface area contributed by atoms with Crippen molar-refractivity contribution in [2.24, 2.45) is 0 Å². The molecule has 1 unspecified atom stereocenters. The standard InChI is InChI=1S/C14H20BrN3O/c1-3-16-13(8-7-11-6-5-9-19-11)14-12(15)10-17-18(14)4-2/h5-6,9-10,13,16H,3-4,7-8H2,1-2H3. The molecule has 104 valence electrons. The highest BCUT2D eigenvalue weighted by Crippen LogP contribution is 2.26. The minimum atomic E-state index is 0.284. The highest BCUT2D eigenvalue weighted by molar-refractivity contribution is 9.10. The molecule has 0 amide bonds. The molecular formula is C14H20BrN3O. The van der Waals surface area contributed by atoms with Crippen LogP contribution in [0, 0.1) is 0 Å². The van der Waals surface area contributed by atoms with Crippen molar-refractivity contribution in [2.45, 2.75) is 39.3 Å². The van der Waals surface area contributed by atoms with Gasteiger partial charge < -0.3 is 9.73 Å². The molecule has 5 heteroatoms. The van der Waals surface area contributed by atoms with Crippen molar-refractivity contribution in [3.8, 4) is 0 Å². The monoisotopic (exact) mass is 325 g/mol. The molecule has 2 aromatic rings. The van der Waals surface area contributed by atoms with Gasteiger partial charge in [0, 0.05) is 13.0 Å². The highest BCUT2D eigenvalue weighted by atomic mass is 79.9. The number of nitrogens with zero attached hydrogens (tertiary/aromatic N) is 2. The van der Waals surface area contributed by atoms with Gasteiger partial charge in [-0.05, 0) is 48.0 Å². The Kier molecular flexibility index (Phi) is 5.22. The average molecular weight is 326 g/mol. The van der Waals surface area contributed by atoms with Gasteiger partial charge in [-0.2, -0.15) is 5.10 Å². The summed E-state index contributed by atoms with van der Waals surface area (Å²) in [6.07, 6.45) is 5.51. The summed E-state index contributed by atoms with van der Waals surface area (Å²) in [5.41, 5.74) is 1.22. The van der Waals surface area contributed by atoms with Crippen LogP contribution < -0.4 is 5.32 Å². The SMILES string of the molecule is CCNC(CCc1ccco1)c1c(Br)cnn1CC. The zero-order valence-electron chi connectivity index (χ0n) is 11.4. The van der Waals surface area contributed by atoms with E-state index in [9.17, 15) is 0 Å². The fourth-order valence-corrected chi connectivity index (χ4v) is 2.87. The van der Waals surface area contributed by atoms with Crippen LogP contribution in [0.3, 0.4) is 0 Å². The van der Waals surface area contributed by atoms with Gasteiger partial charge in [-0.1, -0.05) is 6.92 Å². The molecule has 0 aliphatic carbocycles. The van der Waals surface area contributed by atoms with Crippen molar-refractivity contribution >= 4 is 15.9 Å². The Morgan fingerprint density at radius 3 is 2.95 bits per heavy atom. The van der Waals surface area contributed by atoms with Gasteiger partial charge in [-0.3, -0.25) is 4.68 Å². The summed E-state index contributed by atoms with van der Waals surface area (Å²) in [5.74, 6) is 1.03. The summed E-state index contributed by atoms with van der Waals surface area (Å²) in [6.45, 7) is 6.05. The van der Waals surface area contributed by atoms with Crippen molar-refractivity contribution in [2.75, 3.05) is 6.54 Å². The maximum atomic E-state index is 5.40. The van der Waals surface area contributed by atoms with Gasteiger partial charge in [0.25, 0.3) is 0 Å². The van der Waals surface area contributed by atoms with Crippen LogP contribution in [0.4, 0.5) is 0 Å². The Morgan fingerprint density at radius 2 is 2.32 bits per heavy atom. The fraction of sp³-hybridized carbons (Fsp3) is 0.500. The number of rotatable bonds is 7. The third kappa shape index (κ3) is 3.48. The van der Waals surface area contributed by atoms with Crippen LogP contribution >= 0.6 is 15.9 Å². The second-order valence-electron chi connectivity index (χ2n) is 4.42. The number of hydrogen-bond acceptors (Lipinski definition) is 3. The minimum absolute atomic E-state index is 0.284. The molecule has 19 heavy (non-hydrogen) atoms. The molecule has 4 nitrogen and oxygen atoms in total. The third-order valence-corrected chi connectivity index (χ3v) is 3.78. The molecule has 0 fully saturated rings. The van der Waals surface area contributed by atoms with E-state index in [1.165, 1.54) is 5.69 Å². The maximum Gasteiger partial charge on any atom is 0.103 e. The normalized spacial score (nSPS) is 12.8. The number of furan rings is 1. The molecule has 1 atom stereocenters. The Morgan fingerprint density at radius 1 is 1.47 bits per heavy atom. The molecule has 0 aliphatic heterocycles. The van der Waals surface area contributed by atoms with Gasteiger partial charge in [0.1, 0.15) is 5.76 Å². The Bertz CT molecular complexity index is 493. The van der Waals surface area contributed by atoms with Crippen LogP contribution in [0.25, 0.3) is 0 Å². The molecule has 0 radical (unpaired) electrons. The predicted octanol–water partition coefficient (Wildman–Crippen LogP) is 3.54. The lowest BCUT2D eigenvalue weighted by molar-refractivity contribution is 0.435. The van der Waals surface area contributed by atoms with E-state index in [-0.39, 0.29) is 6.04 Å². The number of aryl methyl sites for hydroxylation is 2. The molecule has 0 aromatic carbocycles. The van der Waals surface area contributed by atoms with Crippen LogP contribution in [0.15, 0.2) is 33.5 Å². The first-order valence-electron chi connectivity index (χ1n) is 6.73. The Balaban J connectivity index is 2.12. The first kappa shape index (κ1) is 14.3. The van der Waals surface area contributed by atoms with Gasteiger partial charge in [-0.25, -0.2) is 0 Å². The first-order valence-corrected chi connectivity index (χ1v) is 7.52. The van der Waals surface area contributed by atoms with Crippen molar-refractivity contribution in [3.63, 3.8) is 0 Å². The van der Waals surface area contributed by atoms with Crippen LogP contribution in [0.1, 0.15) is 37.8 Å². The topological polar surface area (TPSA) is 43.0 Å². The molecular weight excluding hydrogens is 306 g/mol. The highest BCUT2D eigenvalue weighted by Gasteiger charge is 2.19. The zero-order valence-corrected chi connectivity index (χ0v) is 13.0. The molecule has 2 heterocycles. The molecule has 0 saturated heterocycles. The van der Waals surface area contributed by atoms with Crippen molar-refractivity contribution in [1.82, 2.24) is 15.1 Å². The summed E-state index contributed by atoms with van der Waals surface area (Å²) in [5, 5.41) is 7.92. The van der Waals surface area contributed by atoms with Crippen molar-refractivity contribution < 1.29 is 4.42 Å². The molecule has 2 aromatic heterocycles. The van der Waals surface area contributed by atoms with Crippen molar-refractivity contribution in [3.05, 3.63) is 40.5 Å². The van der Waals surface area contributed by atoms with E-state index in [4.69, 9.17) is 4.42 Å². The number of hydrogen-bond donors (Lipinski definition) is 1. The summed E-state index contributed by atoms with van der Waals surface area (Å²) in [7, 11) is 0. The van der Waals surface area contributed by atoms with Gasteiger partial charge in [0.15, 0.2) is 0 Å². The zero-order chi connectivity index (χ0) is 13.7. The Hall–Kier alpha value is -1.07. The second-order valence-corrected chi connectivity index (χ2v) is 5.28. The molecule has 0 spiro atoms. The van der Waals surface area contributed by atoms with Gasteiger partial charge in [-0.15, -0.1) is 0 Å². The molecule has 0 saturated carbocycles. The first-order chi connectivity index (χ1) is 9.26. The fourth-order valence-electron chi connectivity index (χ4n) is 2.29. The molecule has 1 N–H and O–H groups in total. The largest absolute Gasteiger partial charge is 0.469 e. The van der Waals surface area contributed by atoms with Gasteiger partial charge >= 0.3 is 0 Å². The van der Waals surface area contributed by atoms with E-state index < -0.39 is 0 Å². The second kappa shape index (κ2) is 6.91. The third-order valence-electron chi connectivity index (χ3n) is 3.17. The number of halogens is 1. The van der Waals surface area contributed by atoms with E-state index in [0.717, 1.165) is 36.2 Å². The van der Waals surface area contributed by atoms with Crippen LogP contribution in [-0.2, 0) is 13.0 Å². The van der Waals surface area contributed by atoms with Crippen LogP contribution in [-0.4, -0.2) is 16.3 Å². The number of nitrogens with one attached hydrogen (secondary N) is 1. The predicted molar refractivity (Wildman–Crippen MR) is 79.0 cm³/mol. The van der Waals surface area contributed by atoms with E-state index in [1.807, 2.05) is 23.0 Å². The van der Waals surface area contributed by atoms with E-state index in [1.54, 1.807) is 6.26 Å². The summed E-state index contributed by atoms with van der Waals surface area (Å²) in [6, 6.07) is 4.24. The molecule has 0 bridgehead atoms. The van der Waals surface area contributed by atoms with Crippen molar-refractivity contribution in [1.29, 1.82) is 0 Å². The Labute approximate surface area is 122 Å². The quantitative estimate of drug-likeness (QED) is 0.846. The lowest BCUT2D eigenvalue weighted by Gasteiger charge is -2.19. The summed E-state index contributed by atoms with van der Waals surface area (Å²) >= 11 is 3.60. The average Bonchev–Trinajstić information content (AvgIpc) is 3.04. The van der Waals surface area contributed by atoms with E-state index in [0.29, 0.717) is 0 Å². The minimum Gasteiger partial charge on any atom is -0.469 e. The summed E-state index contributed by atoms with van der Waals surface area (Å²) < 4.78 is 8.51. The summed E-state index contributed by atoms with van der Waals surface area (Å²) in [4.78, 5) is 0. The van der Waals surface area contributed by atoms with Gasteiger partial charge in [0.05, 0.1) is 28.7 Å². The van der Waals surface area contributed by atoms with Crippen LogP contribution in [0.2, 0.25) is 0 Å². The van der Waals surface area contributed by atoms with E-state index >= 15 is 0 Å². The van der Waals surface area contributed by atoms with Crippen LogP contribution in [0.5, 0.6) is 0 Å². The van der Waals surface area contributed by atoms with Gasteiger partial charge in [0.2, 0.25) is 0 Å². The lowest BCUT2D eigenvalue weighted by atomic mass is 10.1. The number of aromatic nitrogens is 2.